The van der Waals surface area contributed by atoms with Gasteiger partial charge in [0, 0.05) is 16.7 Å². The lowest BCUT2D eigenvalue weighted by Crippen LogP contribution is -2.20. The van der Waals surface area contributed by atoms with Gasteiger partial charge in [0.25, 0.3) is 0 Å². The number of benzene rings is 3. The average Bonchev–Trinajstić information content (AvgIpc) is 3.38. The van der Waals surface area contributed by atoms with Crippen molar-refractivity contribution < 1.29 is 23.4 Å². The fraction of sp³-hybridized carbons (Fsp3) is 0.130. The van der Waals surface area contributed by atoms with E-state index in [4.69, 9.17) is 14.2 Å². The first-order valence-corrected chi connectivity index (χ1v) is 9.82. The number of hydrogen-bond acceptors (Lipinski definition) is 7. The summed E-state index contributed by atoms with van der Waals surface area (Å²) < 4.78 is 32.8. The number of ether oxygens (including phenoxy) is 3. The Hall–Kier alpha value is -4.11. The molecule has 0 aliphatic carbocycles. The van der Waals surface area contributed by atoms with Crippen LogP contribution in [0.15, 0.2) is 73.1 Å². The van der Waals surface area contributed by atoms with Gasteiger partial charge in [0.1, 0.15) is 24.5 Å². The van der Waals surface area contributed by atoms with Gasteiger partial charge in [-0.3, -0.25) is 0 Å². The van der Waals surface area contributed by atoms with Gasteiger partial charge in [0.15, 0.2) is 0 Å². The quantitative estimate of drug-likeness (QED) is 0.444. The van der Waals surface area contributed by atoms with E-state index in [9.17, 15) is 9.18 Å². The van der Waals surface area contributed by atoms with E-state index in [-0.39, 0.29) is 13.2 Å². The van der Waals surface area contributed by atoms with Crippen molar-refractivity contribution in [1.29, 1.82) is 0 Å². The van der Waals surface area contributed by atoms with E-state index < -0.39 is 18.1 Å². The van der Waals surface area contributed by atoms with Gasteiger partial charge in [-0.25, -0.2) is 13.9 Å². The molecular formula is C23H17FN4O4. The number of fused-ring (bicyclic) bond motifs is 1. The fourth-order valence-electron chi connectivity index (χ4n) is 3.42. The number of carbonyl (C=O) groups is 1. The van der Waals surface area contributed by atoms with Gasteiger partial charge >= 0.3 is 5.97 Å². The Kier molecular flexibility index (Phi) is 5.30. The number of esters is 1. The minimum Gasteiger partial charge on any atom is -0.460 e. The van der Waals surface area contributed by atoms with E-state index in [1.54, 1.807) is 24.3 Å². The molecule has 5 rings (SSSR count). The van der Waals surface area contributed by atoms with Crippen LogP contribution in [0.4, 0.5) is 4.39 Å². The van der Waals surface area contributed by atoms with Gasteiger partial charge in [0.05, 0.1) is 17.9 Å². The van der Waals surface area contributed by atoms with Crippen LogP contribution in [0, 0.1) is 5.82 Å². The molecular weight excluding hydrogens is 415 g/mol. The minimum absolute atomic E-state index is 0.144. The van der Waals surface area contributed by atoms with Crippen LogP contribution in [0.25, 0.3) is 5.69 Å². The number of hydrogen-bond donors (Lipinski definition) is 0. The number of rotatable bonds is 5. The van der Waals surface area contributed by atoms with Gasteiger partial charge in [-0.05, 0) is 46.8 Å². The second-order valence-corrected chi connectivity index (χ2v) is 7.10. The second-order valence-electron chi connectivity index (χ2n) is 7.10. The Bertz CT molecular complexity index is 1230. The third-order valence-corrected chi connectivity index (χ3v) is 4.97. The van der Waals surface area contributed by atoms with Crippen molar-refractivity contribution in [2.45, 2.75) is 19.5 Å². The lowest BCUT2D eigenvalue weighted by Gasteiger charge is -2.28. The van der Waals surface area contributed by atoms with E-state index in [1.165, 1.54) is 23.1 Å². The maximum atomic E-state index is 14.1. The lowest BCUT2D eigenvalue weighted by molar-refractivity contribution is -0.112. The molecule has 8 nitrogen and oxygen atoms in total. The van der Waals surface area contributed by atoms with E-state index in [1.807, 2.05) is 30.3 Å². The van der Waals surface area contributed by atoms with Crippen LogP contribution < -0.4 is 4.74 Å². The van der Waals surface area contributed by atoms with Gasteiger partial charge < -0.3 is 14.2 Å². The summed E-state index contributed by atoms with van der Waals surface area (Å²) in [6, 6.07) is 18.7. The molecule has 0 saturated heterocycles. The molecule has 2 heterocycles. The summed E-state index contributed by atoms with van der Waals surface area (Å²) in [4.78, 5) is 12.5. The molecule has 3 aromatic carbocycles. The van der Waals surface area contributed by atoms with Crippen LogP contribution in [0.2, 0.25) is 0 Å². The smallest absolute Gasteiger partial charge is 0.338 e. The molecule has 4 aromatic rings. The molecule has 32 heavy (non-hydrogen) atoms. The third-order valence-electron chi connectivity index (χ3n) is 4.97. The van der Waals surface area contributed by atoms with Crippen LogP contribution >= 0.6 is 0 Å². The number of carbonyl (C=O) groups excluding carboxylic acids is 1. The zero-order valence-corrected chi connectivity index (χ0v) is 16.7. The van der Waals surface area contributed by atoms with Crippen molar-refractivity contribution in [2.75, 3.05) is 0 Å². The van der Waals surface area contributed by atoms with Crippen molar-refractivity contribution in [3.05, 3.63) is 101 Å². The summed E-state index contributed by atoms with van der Waals surface area (Å²) in [6.45, 7) is 0.0430. The van der Waals surface area contributed by atoms with Gasteiger partial charge in [-0.15, -0.1) is 5.10 Å². The molecule has 0 saturated carbocycles. The molecule has 9 heteroatoms. The van der Waals surface area contributed by atoms with Crippen molar-refractivity contribution in [1.82, 2.24) is 20.2 Å². The van der Waals surface area contributed by atoms with E-state index >= 15 is 0 Å². The van der Waals surface area contributed by atoms with Gasteiger partial charge in [-0.2, -0.15) is 0 Å². The Balaban J connectivity index is 1.31. The van der Waals surface area contributed by atoms with Crippen LogP contribution in [-0.4, -0.2) is 26.2 Å². The van der Waals surface area contributed by atoms with E-state index in [0.29, 0.717) is 28.1 Å². The summed E-state index contributed by atoms with van der Waals surface area (Å²) in [7, 11) is 0. The Morgan fingerprint density at radius 2 is 1.94 bits per heavy atom. The Morgan fingerprint density at radius 1 is 1.12 bits per heavy atom. The maximum absolute atomic E-state index is 14.1. The van der Waals surface area contributed by atoms with Crippen molar-refractivity contribution >= 4 is 5.97 Å². The highest BCUT2D eigenvalue weighted by Gasteiger charge is 2.25. The average molecular weight is 432 g/mol. The van der Waals surface area contributed by atoms with Crippen molar-refractivity contribution in [2.24, 2.45) is 0 Å². The highest BCUT2D eigenvalue weighted by Crippen LogP contribution is 2.36. The van der Waals surface area contributed by atoms with Crippen LogP contribution in [0.5, 0.6) is 5.75 Å². The summed E-state index contributed by atoms with van der Waals surface area (Å²) in [5, 5.41) is 10.9. The first kappa shape index (κ1) is 19.8. The standard InChI is InChI=1S/C23H17FN4O4/c24-19-10-17(21-18(11-19)13-31-23(32-21)16-4-2-1-3-5-16)12-30-22(29)15-6-8-20(9-7-15)28-14-25-26-27-28/h1-11,14,23H,12-13H2/t23-/m0/s1. The first-order chi connectivity index (χ1) is 15.7. The minimum atomic E-state index is -0.623. The Labute approximate surface area is 182 Å². The van der Waals surface area contributed by atoms with Gasteiger partial charge in [-0.1, -0.05) is 30.3 Å². The SMILES string of the molecule is O=C(OCc1cc(F)cc2c1O[C@@H](c1ccccc1)OC2)c1ccc(-n2cnnn2)cc1. The number of halogens is 1. The predicted molar refractivity (Wildman–Crippen MR) is 109 cm³/mol. The largest absolute Gasteiger partial charge is 0.460 e. The lowest BCUT2D eigenvalue weighted by atomic mass is 10.1. The van der Waals surface area contributed by atoms with Gasteiger partial charge in [0.2, 0.25) is 6.29 Å². The number of tetrazole rings is 1. The molecule has 160 valence electrons. The number of aromatic nitrogens is 4. The molecule has 1 aliphatic heterocycles. The first-order valence-electron chi connectivity index (χ1n) is 9.82. The van der Waals surface area contributed by atoms with Crippen molar-refractivity contribution in [3.8, 4) is 11.4 Å². The maximum Gasteiger partial charge on any atom is 0.338 e. The summed E-state index contributed by atoms with van der Waals surface area (Å²) in [5.41, 5.74) is 2.88. The molecule has 0 N–H and O–H groups in total. The molecule has 0 unspecified atom stereocenters. The summed E-state index contributed by atoms with van der Waals surface area (Å²) >= 11 is 0. The van der Waals surface area contributed by atoms with Crippen LogP contribution in [0.3, 0.4) is 0 Å². The van der Waals surface area contributed by atoms with Crippen LogP contribution in [-0.2, 0) is 22.7 Å². The molecule has 1 atom stereocenters. The number of nitrogens with zero attached hydrogens (tertiary/aromatic N) is 4. The zero-order valence-electron chi connectivity index (χ0n) is 16.7. The molecule has 0 radical (unpaired) electrons. The van der Waals surface area contributed by atoms with Crippen LogP contribution in [0.1, 0.15) is 33.3 Å². The third kappa shape index (κ3) is 4.06. The Morgan fingerprint density at radius 3 is 2.69 bits per heavy atom. The monoisotopic (exact) mass is 432 g/mol. The molecule has 0 amide bonds. The summed E-state index contributed by atoms with van der Waals surface area (Å²) in [5.74, 6) is -0.530. The topological polar surface area (TPSA) is 88.4 Å². The van der Waals surface area contributed by atoms with E-state index in [2.05, 4.69) is 15.5 Å². The van der Waals surface area contributed by atoms with Crippen molar-refractivity contribution in [3.63, 3.8) is 0 Å². The predicted octanol–water partition coefficient (Wildman–Crippen LogP) is 3.77. The highest BCUT2D eigenvalue weighted by atomic mass is 19.1. The fourth-order valence-corrected chi connectivity index (χ4v) is 3.42. The second kappa shape index (κ2) is 8.56. The van der Waals surface area contributed by atoms with E-state index in [0.717, 1.165) is 5.56 Å². The normalized spacial score (nSPS) is 15.0. The zero-order chi connectivity index (χ0) is 21.9. The molecule has 0 bridgehead atoms. The summed E-state index contributed by atoms with van der Waals surface area (Å²) in [6.07, 6.45) is 0.828. The molecule has 0 fully saturated rings. The highest BCUT2D eigenvalue weighted by molar-refractivity contribution is 5.89. The molecule has 1 aromatic heterocycles. The molecule has 0 spiro atoms. The molecule has 1 aliphatic rings.